The van der Waals surface area contributed by atoms with Gasteiger partial charge in [0.05, 0.1) is 0 Å². The van der Waals surface area contributed by atoms with Crippen molar-refractivity contribution >= 4 is 63.3 Å². The highest BCUT2D eigenvalue weighted by Crippen LogP contribution is 2.36. The predicted octanol–water partition coefficient (Wildman–Crippen LogP) is 2.92. The summed E-state index contributed by atoms with van der Waals surface area (Å²) in [5.74, 6) is 1.95. The van der Waals surface area contributed by atoms with Crippen molar-refractivity contribution in [2.45, 2.75) is 0 Å². The Labute approximate surface area is 199 Å². The molecule has 0 amide bonds. The molecule has 0 unspecified atom stereocenters. The van der Waals surface area contributed by atoms with Gasteiger partial charge in [-0.25, -0.2) is 0 Å². The second-order valence-electron chi connectivity index (χ2n) is 9.27. The topological polar surface area (TPSA) is 12.5 Å². The standard InChI is InChI=1S/C30H19B2NO/c1-2-10-20(11-3-1)33-25-16-6-4-12-21(25)31-24-15-9-19-28-30(24)32(22-13-5-7-18-27(22)34-28)23-14-8-17-26(33)29(23)31/h1-19H. The van der Waals surface area contributed by atoms with Crippen LogP contribution in [0.4, 0.5) is 17.1 Å². The number of nitrogens with zero attached hydrogens (tertiary/aromatic N) is 1. The lowest BCUT2D eigenvalue weighted by atomic mass is 9.20. The SMILES string of the molecule is c1ccc(N2c3ccccc3B3c4cccc5c4B(c4ccccc4O5)c4cccc2c43)cc1. The van der Waals surface area contributed by atoms with Crippen LogP contribution in [0.5, 0.6) is 11.5 Å². The largest absolute Gasteiger partial charge is 0.458 e. The van der Waals surface area contributed by atoms with Crippen LogP contribution in [0.15, 0.2) is 115 Å². The first kappa shape index (κ1) is 18.3. The number of hydrogen-bond acceptors (Lipinski definition) is 2. The molecule has 0 saturated carbocycles. The predicted molar refractivity (Wildman–Crippen MR) is 143 cm³/mol. The minimum absolute atomic E-state index is 0.172. The first-order valence-electron chi connectivity index (χ1n) is 11.9. The first-order valence-corrected chi connectivity index (χ1v) is 11.9. The molecule has 4 heteroatoms. The lowest BCUT2D eigenvalue weighted by Crippen LogP contribution is -2.77. The highest BCUT2D eigenvalue weighted by atomic mass is 16.5. The molecule has 3 aliphatic heterocycles. The van der Waals surface area contributed by atoms with Gasteiger partial charge in [-0.2, -0.15) is 0 Å². The van der Waals surface area contributed by atoms with Crippen LogP contribution in [0.2, 0.25) is 0 Å². The van der Waals surface area contributed by atoms with E-state index in [0.29, 0.717) is 0 Å². The van der Waals surface area contributed by atoms with Gasteiger partial charge in [-0.05, 0) is 58.2 Å². The van der Waals surface area contributed by atoms with Crippen molar-refractivity contribution in [2.75, 3.05) is 4.90 Å². The molecule has 5 aromatic carbocycles. The lowest BCUT2D eigenvalue weighted by Gasteiger charge is -2.43. The molecular weight excluding hydrogens is 412 g/mol. The molecule has 34 heavy (non-hydrogen) atoms. The summed E-state index contributed by atoms with van der Waals surface area (Å²) in [6.45, 7) is 0.354. The Balaban J connectivity index is 1.50. The van der Waals surface area contributed by atoms with Crippen LogP contribution in [0.3, 0.4) is 0 Å². The summed E-state index contributed by atoms with van der Waals surface area (Å²) >= 11 is 0. The number of para-hydroxylation sites is 3. The summed E-state index contributed by atoms with van der Waals surface area (Å²) in [6, 6.07) is 41.5. The Morgan fingerprint density at radius 2 is 1.03 bits per heavy atom. The van der Waals surface area contributed by atoms with Gasteiger partial charge in [0.25, 0.3) is 0 Å². The number of hydrogen-bond donors (Lipinski definition) is 0. The van der Waals surface area contributed by atoms with Gasteiger partial charge < -0.3 is 9.64 Å². The van der Waals surface area contributed by atoms with Crippen molar-refractivity contribution in [3.63, 3.8) is 0 Å². The van der Waals surface area contributed by atoms with Crippen LogP contribution < -0.4 is 42.4 Å². The lowest BCUT2D eigenvalue weighted by molar-refractivity contribution is 0.488. The maximum absolute atomic E-state index is 6.45. The van der Waals surface area contributed by atoms with Gasteiger partial charge in [-0.1, -0.05) is 89.8 Å². The zero-order valence-electron chi connectivity index (χ0n) is 18.5. The quantitative estimate of drug-likeness (QED) is 0.371. The van der Waals surface area contributed by atoms with Crippen LogP contribution >= 0.6 is 0 Å². The molecule has 0 fully saturated rings. The molecule has 0 aliphatic carbocycles. The zero-order chi connectivity index (χ0) is 22.2. The zero-order valence-corrected chi connectivity index (χ0v) is 18.5. The van der Waals surface area contributed by atoms with Gasteiger partial charge in [-0.15, -0.1) is 0 Å². The van der Waals surface area contributed by atoms with Crippen molar-refractivity contribution < 1.29 is 4.74 Å². The first-order chi connectivity index (χ1) is 16.9. The molecule has 0 N–H and O–H groups in total. The monoisotopic (exact) mass is 431 g/mol. The van der Waals surface area contributed by atoms with Gasteiger partial charge in [0.1, 0.15) is 11.5 Å². The molecule has 0 bridgehead atoms. The van der Waals surface area contributed by atoms with E-state index < -0.39 is 0 Å². The average molecular weight is 431 g/mol. The average Bonchev–Trinajstić information content (AvgIpc) is 2.90. The molecule has 0 atom stereocenters. The second-order valence-corrected chi connectivity index (χ2v) is 9.27. The van der Waals surface area contributed by atoms with Crippen LogP contribution in [0.25, 0.3) is 0 Å². The van der Waals surface area contributed by atoms with Crippen molar-refractivity contribution in [1.29, 1.82) is 0 Å². The van der Waals surface area contributed by atoms with E-state index in [0.717, 1.165) is 11.5 Å². The fourth-order valence-electron chi connectivity index (χ4n) is 6.35. The third-order valence-electron chi connectivity index (χ3n) is 7.61. The summed E-state index contributed by atoms with van der Waals surface area (Å²) in [7, 11) is 0. The highest BCUT2D eigenvalue weighted by molar-refractivity contribution is 7.13. The van der Waals surface area contributed by atoms with Crippen molar-refractivity contribution in [1.82, 2.24) is 0 Å². The van der Waals surface area contributed by atoms with Crippen molar-refractivity contribution in [2.24, 2.45) is 0 Å². The van der Waals surface area contributed by atoms with Gasteiger partial charge in [0.15, 0.2) is 0 Å². The third-order valence-corrected chi connectivity index (χ3v) is 7.61. The van der Waals surface area contributed by atoms with E-state index in [-0.39, 0.29) is 13.4 Å². The van der Waals surface area contributed by atoms with E-state index in [4.69, 9.17) is 4.74 Å². The molecule has 3 heterocycles. The van der Waals surface area contributed by atoms with E-state index in [2.05, 4.69) is 120 Å². The van der Waals surface area contributed by atoms with Crippen molar-refractivity contribution in [3.8, 4) is 11.5 Å². The Kier molecular flexibility index (Phi) is 3.59. The van der Waals surface area contributed by atoms with Crippen LogP contribution in [0, 0.1) is 0 Å². The Morgan fingerprint density at radius 3 is 1.91 bits per heavy atom. The number of fused-ring (bicyclic) bond motifs is 6. The number of ether oxygens (including phenoxy) is 1. The summed E-state index contributed by atoms with van der Waals surface area (Å²) in [5, 5.41) is 0. The van der Waals surface area contributed by atoms with Gasteiger partial charge in [0.2, 0.25) is 13.4 Å². The molecule has 0 saturated heterocycles. The van der Waals surface area contributed by atoms with Crippen LogP contribution in [-0.2, 0) is 0 Å². The van der Waals surface area contributed by atoms with Crippen molar-refractivity contribution in [3.05, 3.63) is 115 Å². The van der Waals surface area contributed by atoms with E-state index in [1.54, 1.807) is 0 Å². The van der Waals surface area contributed by atoms with Gasteiger partial charge >= 0.3 is 0 Å². The Hall–Kier alpha value is -4.17. The van der Waals surface area contributed by atoms with Crippen LogP contribution in [-0.4, -0.2) is 13.4 Å². The summed E-state index contributed by atoms with van der Waals surface area (Å²) < 4.78 is 6.45. The van der Waals surface area contributed by atoms with Gasteiger partial charge in [0, 0.05) is 17.1 Å². The van der Waals surface area contributed by atoms with E-state index in [1.165, 1.54) is 49.8 Å². The second kappa shape index (κ2) is 6.68. The number of rotatable bonds is 1. The molecule has 0 spiro atoms. The molecule has 8 rings (SSSR count). The molecule has 5 aromatic rings. The summed E-state index contributed by atoms with van der Waals surface area (Å²) in [4.78, 5) is 2.44. The number of anilines is 3. The molecule has 156 valence electrons. The number of benzene rings is 5. The highest BCUT2D eigenvalue weighted by Gasteiger charge is 2.47. The van der Waals surface area contributed by atoms with E-state index >= 15 is 0 Å². The van der Waals surface area contributed by atoms with E-state index in [9.17, 15) is 0 Å². The minimum Gasteiger partial charge on any atom is -0.458 e. The normalized spacial score (nSPS) is 13.9. The maximum Gasteiger partial charge on any atom is 0.249 e. The summed E-state index contributed by atoms with van der Waals surface area (Å²) in [5.41, 5.74) is 11.8. The van der Waals surface area contributed by atoms with E-state index in [1.807, 2.05) is 0 Å². The molecule has 3 aliphatic rings. The van der Waals surface area contributed by atoms with Gasteiger partial charge in [-0.3, -0.25) is 0 Å². The smallest absolute Gasteiger partial charge is 0.249 e. The Morgan fingerprint density at radius 1 is 0.441 bits per heavy atom. The third kappa shape index (κ3) is 2.28. The fourth-order valence-corrected chi connectivity index (χ4v) is 6.35. The van der Waals surface area contributed by atoms with Crippen LogP contribution in [0.1, 0.15) is 0 Å². The Bertz CT molecular complexity index is 1610. The molecule has 0 radical (unpaired) electrons. The molecule has 0 aromatic heterocycles. The minimum atomic E-state index is 0.172. The molecular formula is C30H19B2NO. The molecule has 2 nitrogen and oxygen atoms in total. The fraction of sp³-hybridized carbons (Fsp3) is 0. The maximum atomic E-state index is 6.45. The summed E-state index contributed by atoms with van der Waals surface area (Å²) in [6.07, 6.45) is 0.